The van der Waals surface area contributed by atoms with Gasteiger partial charge in [-0.1, -0.05) is 19.8 Å². The van der Waals surface area contributed by atoms with Crippen LogP contribution in [0.25, 0.3) is 0 Å². The van der Waals surface area contributed by atoms with Crippen molar-refractivity contribution in [3.8, 4) is 0 Å². The summed E-state index contributed by atoms with van der Waals surface area (Å²) in [4.78, 5) is 59.1. The molecule has 4 amide bonds. The van der Waals surface area contributed by atoms with Crippen molar-refractivity contribution in [1.29, 1.82) is 0 Å². The van der Waals surface area contributed by atoms with Crippen molar-refractivity contribution in [1.82, 2.24) is 9.80 Å². The molecule has 0 bridgehead atoms. The number of carbonyl (C=O) groups is 4. The molecule has 0 aromatic heterocycles. The molecule has 0 aliphatic carbocycles. The molecular weight excluding hydrogens is 419 g/mol. The number of hydrogen-bond acceptors (Lipinski definition) is 7. The Morgan fingerprint density at radius 2 is 1.69 bits per heavy atom. The molecule has 0 aromatic carbocycles. The Balaban J connectivity index is 1.60. The molecule has 9 nitrogen and oxygen atoms in total. The SMILES string of the molecule is CCP(=O)(O)OCCCCCCSC1CC(=O)N(CCN2C(=O)C=CC2=O)C1=O. The fourth-order valence-corrected chi connectivity index (χ4v) is 4.73. The third-order valence-corrected chi connectivity index (χ3v) is 7.38. The zero-order chi connectivity index (χ0) is 21.4. The normalized spacial score (nSPS) is 21.5. The Hall–Kier alpha value is -1.48. The molecule has 0 radical (unpaired) electrons. The maximum atomic E-state index is 12.4. The number of hydrogen-bond donors (Lipinski definition) is 1. The maximum absolute atomic E-state index is 12.4. The first-order valence-electron chi connectivity index (χ1n) is 9.71. The Morgan fingerprint density at radius 3 is 2.34 bits per heavy atom. The van der Waals surface area contributed by atoms with Crippen LogP contribution in [-0.2, 0) is 28.3 Å². The minimum atomic E-state index is -3.41. The molecular formula is C18H27N2O7PS. The van der Waals surface area contributed by atoms with E-state index in [0.29, 0.717) is 6.42 Å². The summed E-state index contributed by atoms with van der Waals surface area (Å²) in [6.45, 7) is 1.91. The zero-order valence-corrected chi connectivity index (χ0v) is 18.2. The van der Waals surface area contributed by atoms with Gasteiger partial charge in [-0.25, -0.2) is 0 Å². The van der Waals surface area contributed by atoms with Crippen LogP contribution in [0.3, 0.4) is 0 Å². The molecule has 2 aliphatic heterocycles. The molecule has 1 saturated heterocycles. The lowest BCUT2D eigenvalue weighted by Gasteiger charge is -2.19. The molecule has 1 N–H and O–H groups in total. The molecule has 11 heteroatoms. The monoisotopic (exact) mass is 446 g/mol. The van der Waals surface area contributed by atoms with Crippen molar-refractivity contribution in [2.45, 2.75) is 44.3 Å². The zero-order valence-electron chi connectivity index (χ0n) is 16.4. The van der Waals surface area contributed by atoms with E-state index in [9.17, 15) is 28.6 Å². The van der Waals surface area contributed by atoms with E-state index in [1.165, 1.54) is 23.9 Å². The van der Waals surface area contributed by atoms with E-state index in [-0.39, 0.29) is 44.1 Å². The van der Waals surface area contributed by atoms with E-state index in [1.54, 1.807) is 6.92 Å². The van der Waals surface area contributed by atoms with E-state index in [4.69, 9.17) is 4.52 Å². The summed E-state index contributed by atoms with van der Waals surface area (Å²) in [6, 6.07) is 0. The van der Waals surface area contributed by atoms with Crippen molar-refractivity contribution in [2.24, 2.45) is 0 Å². The number of nitrogens with zero attached hydrogens (tertiary/aromatic N) is 2. The highest BCUT2D eigenvalue weighted by Crippen LogP contribution is 2.41. The Labute approximate surface area is 174 Å². The first-order chi connectivity index (χ1) is 13.7. The molecule has 0 saturated carbocycles. The van der Waals surface area contributed by atoms with Crippen molar-refractivity contribution in [2.75, 3.05) is 31.6 Å². The van der Waals surface area contributed by atoms with Crippen LogP contribution in [0, 0.1) is 0 Å². The van der Waals surface area contributed by atoms with Gasteiger partial charge < -0.3 is 9.42 Å². The molecule has 0 spiro atoms. The molecule has 2 rings (SSSR count). The standard InChI is InChI=1S/C18H27N2O7PS/c1-2-28(25,26)27-11-5-3-4-6-12-29-14-13-17(23)20(18(14)24)10-9-19-15(21)7-8-16(19)22/h7-8,14H,2-6,9-13H2,1H3,(H,25,26). The molecule has 2 atom stereocenters. The van der Waals surface area contributed by atoms with Crippen LogP contribution in [0.5, 0.6) is 0 Å². The van der Waals surface area contributed by atoms with Gasteiger partial charge in [0, 0.05) is 37.8 Å². The van der Waals surface area contributed by atoms with Crippen LogP contribution in [-0.4, -0.2) is 75.2 Å². The lowest BCUT2D eigenvalue weighted by molar-refractivity contribution is -0.142. The number of carbonyl (C=O) groups excluding carboxylic acids is 4. The largest absolute Gasteiger partial charge is 0.327 e. The average molecular weight is 446 g/mol. The third-order valence-electron chi connectivity index (χ3n) is 4.70. The molecule has 2 heterocycles. The number of rotatable bonds is 13. The summed E-state index contributed by atoms with van der Waals surface area (Å²) < 4.78 is 16.3. The average Bonchev–Trinajstić information content (AvgIpc) is 3.14. The Morgan fingerprint density at radius 1 is 1.07 bits per heavy atom. The van der Waals surface area contributed by atoms with Crippen molar-refractivity contribution in [3.05, 3.63) is 12.2 Å². The van der Waals surface area contributed by atoms with Gasteiger partial charge in [-0.2, -0.15) is 0 Å². The van der Waals surface area contributed by atoms with Gasteiger partial charge in [0.15, 0.2) is 0 Å². The summed E-state index contributed by atoms with van der Waals surface area (Å²) >= 11 is 1.44. The van der Waals surface area contributed by atoms with Gasteiger partial charge in [-0.05, 0) is 18.6 Å². The van der Waals surface area contributed by atoms with E-state index < -0.39 is 24.7 Å². The summed E-state index contributed by atoms with van der Waals surface area (Å²) in [5.41, 5.74) is 0. The second-order valence-corrected chi connectivity index (χ2v) is 10.3. The number of imide groups is 2. The molecule has 0 aromatic rings. The first kappa shape index (κ1) is 23.8. The van der Waals surface area contributed by atoms with E-state index >= 15 is 0 Å². The molecule has 1 fully saturated rings. The highest BCUT2D eigenvalue weighted by molar-refractivity contribution is 8.00. The van der Waals surface area contributed by atoms with Crippen molar-refractivity contribution < 1.29 is 33.2 Å². The van der Waals surface area contributed by atoms with Crippen LogP contribution in [0.2, 0.25) is 0 Å². The van der Waals surface area contributed by atoms with Crippen LogP contribution in [0.1, 0.15) is 39.0 Å². The Kier molecular flexibility index (Phi) is 9.07. The summed E-state index contributed by atoms with van der Waals surface area (Å²) in [5, 5.41) is -0.418. The summed E-state index contributed by atoms with van der Waals surface area (Å²) in [6.07, 6.45) is 5.93. The number of thioether (sulfide) groups is 1. The fourth-order valence-electron chi connectivity index (χ4n) is 2.95. The van der Waals surface area contributed by atoms with Gasteiger partial charge in [-0.3, -0.25) is 33.5 Å². The number of likely N-dealkylation sites (tertiary alicyclic amines) is 1. The van der Waals surface area contributed by atoms with Gasteiger partial charge in [0.1, 0.15) is 0 Å². The molecule has 2 unspecified atom stereocenters. The van der Waals surface area contributed by atoms with Crippen LogP contribution < -0.4 is 0 Å². The fraction of sp³-hybridized carbons (Fsp3) is 0.667. The molecule has 162 valence electrons. The lowest BCUT2D eigenvalue weighted by Crippen LogP contribution is -2.41. The quantitative estimate of drug-likeness (QED) is 0.257. The second-order valence-electron chi connectivity index (χ2n) is 6.81. The highest BCUT2D eigenvalue weighted by atomic mass is 32.2. The third kappa shape index (κ3) is 7.06. The summed E-state index contributed by atoms with van der Waals surface area (Å²) in [5.74, 6) is -0.664. The van der Waals surface area contributed by atoms with Crippen LogP contribution >= 0.6 is 19.4 Å². The number of unbranched alkanes of at least 4 members (excludes halogenated alkanes) is 3. The maximum Gasteiger partial charge on any atom is 0.327 e. The predicted molar refractivity (Wildman–Crippen MR) is 108 cm³/mol. The lowest BCUT2D eigenvalue weighted by atomic mass is 10.2. The minimum Gasteiger partial charge on any atom is -0.324 e. The summed E-state index contributed by atoms with van der Waals surface area (Å²) in [7, 11) is -3.41. The molecule has 2 aliphatic rings. The van der Waals surface area contributed by atoms with Gasteiger partial charge in [0.05, 0.1) is 11.9 Å². The van der Waals surface area contributed by atoms with Gasteiger partial charge in [-0.15, -0.1) is 11.8 Å². The second kappa shape index (κ2) is 11.1. The van der Waals surface area contributed by atoms with Gasteiger partial charge in [0.2, 0.25) is 11.8 Å². The van der Waals surface area contributed by atoms with E-state index in [1.807, 2.05) is 0 Å². The van der Waals surface area contributed by atoms with Gasteiger partial charge in [0.25, 0.3) is 11.8 Å². The number of amides is 4. The van der Waals surface area contributed by atoms with Crippen molar-refractivity contribution in [3.63, 3.8) is 0 Å². The Bertz CT molecular complexity index is 709. The predicted octanol–water partition coefficient (Wildman–Crippen LogP) is 1.55. The molecule has 29 heavy (non-hydrogen) atoms. The minimum absolute atomic E-state index is 0.0143. The highest BCUT2D eigenvalue weighted by Gasteiger charge is 2.39. The van der Waals surface area contributed by atoms with E-state index in [2.05, 4.69) is 0 Å². The van der Waals surface area contributed by atoms with Crippen molar-refractivity contribution >= 4 is 43.0 Å². The van der Waals surface area contributed by atoms with E-state index in [0.717, 1.165) is 34.8 Å². The van der Waals surface area contributed by atoms with Gasteiger partial charge >= 0.3 is 7.60 Å². The topological polar surface area (TPSA) is 121 Å². The first-order valence-corrected chi connectivity index (χ1v) is 12.5. The smallest absolute Gasteiger partial charge is 0.324 e. The van der Waals surface area contributed by atoms with Crippen LogP contribution in [0.15, 0.2) is 12.2 Å². The van der Waals surface area contributed by atoms with Crippen LogP contribution in [0.4, 0.5) is 0 Å².